The van der Waals surface area contributed by atoms with Gasteiger partial charge in [-0.2, -0.15) is 0 Å². The number of carbonyl (C=O) groups is 2. The van der Waals surface area contributed by atoms with Gasteiger partial charge in [-0.15, -0.1) is 0 Å². The smallest absolute Gasteiger partial charge is 0.254 e. The van der Waals surface area contributed by atoms with Crippen molar-refractivity contribution in [3.8, 4) is 5.75 Å². The number of rotatable bonds is 2. The molecule has 1 spiro atoms. The van der Waals surface area contributed by atoms with Gasteiger partial charge >= 0.3 is 0 Å². The summed E-state index contributed by atoms with van der Waals surface area (Å²) in [6, 6.07) is 7.09. The highest BCUT2D eigenvalue weighted by Crippen LogP contribution is 2.24. The van der Waals surface area contributed by atoms with Gasteiger partial charge in [-0.1, -0.05) is 6.07 Å². The fourth-order valence-electron chi connectivity index (χ4n) is 3.14. The Morgan fingerprint density at radius 1 is 1.33 bits per heavy atom. The lowest BCUT2D eigenvalue weighted by molar-refractivity contribution is -0.135. The number of hydrogen-bond acceptors (Lipinski definition) is 5. The molecule has 0 saturated carbocycles. The summed E-state index contributed by atoms with van der Waals surface area (Å²) in [5, 5.41) is 0. The van der Waals surface area contributed by atoms with E-state index in [4.69, 9.17) is 14.2 Å². The van der Waals surface area contributed by atoms with E-state index in [1.54, 1.807) is 48.2 Å². The fraction of sp³-hybridized carbons (Fsp3) is 0.529. The predicted molar refractivity (Wildman–Crippen MR) is 86.0 cm³/mol. The number of nitrogens with zero attached hydrogens (tertiary/aromatic N) is 2. The standard InChI is InChI=1S/C17H22N2O5/c1-18-10-17(12-23-9-15(18)20)11-19(6-7-24-17)16(21)13-4-3-5-14(8-13)22-2/h3-5,8H,6-7,9-12H2,1-2H3. The van der Waals surface area contributed by atoms with Gasteiger partial charge in [0.15, 0.2) is 0 Å². The van der Waals surface area contributed by atoms with Crippen LogP contribution in [0.25, 0.3) is 0 Å². The number of morpholine rings is 1. The van der Waals surface area contributed by atoms with Crippen molar-refractivity contribution in [1.82, 2.24) is 9.80 Å². The van der Waals surface area contributed by atoms with Crippen molar-refractivity contribution in [2.45, 2.75) is 5.60 Å². The topological polar surface area (TPSA) is 68.3 Å². The lowest BCUT2D eigenvalue weighted by Crippen LogP contribution is -2.59. The average Bonchev–Trinajstić information content (AvgIpc) is 2.73. The summed E-state index contributed by atoms with van der Waals surface area (Å²) >= 11 is 0. The molecule has 2 aliphatic rings. The molecule has 24 heavy (non-hydrogen) atoms. The Bertz CT molecular complexity index is 635. The maximum Gasteiger partial charge on any atom is 0.254 e. The number of methoxy groups -OCH3 is 1. The van der Waals surface area contributed by atoms with Crippen LogP contribution in [0.15, 0.2) is 24.3 Å². The molecule has 2 aliphatic heterocycles. The number of likely N-dealkylation sites (N-methyl/N-ethyl adjacent to an activating group) is 1. The Kier molecular flexibility index (Phi) is 4.73. The van der Waals surface area contributed by atoms with E-state index in [9.17, 15) is 9.59 Å². The van der Waals surface area contributed by atoms with Crippen LogP contribution >= 0.6 is 0 Å². The van der Waals surface area contributed by atoms with Gasteiger partial charge in [0.2, 0.25) is 5.91 Å². The van der Waals surface area contributed by atoms with E-state index in [-0.39, 0.29) is 18.4 Å². The number of amides is 2. The second kappa shape index (κ2) is 6.78. The highest BCUT2D eigenvalue weighted by Gasteiger charge is 2.42. The van der Waals surface area contributed by atoms with Crippen LogP contribution in [0, 0.1) is 0 Å². The first-order chi connectivity index (χ1) is 11.5. The third-order valence-electron chi connectivity index (χ3n) is 4.39. The number of carbonyl (C=O) groups excluding carboxylic acids is 2. The molecule has 1 unspecified atom stereocenters. The summed E-state index contributed by atoms with van der Waals surface area (Å²) in [6.45, 7) is 2.07. The molecule has 2 amide bonds. The van der Waals surface area contributed by atoms with E-state index in [1.807, 2.05) is 0 Å². The quantitative estimate of drug-likeness (QED) is 0.783. The van der Waals surface area contributed by atoms with Crippen LogP contribution in [0.3, 0.4) is 0 Å². The molecule has 1 atom stereocenters. The first-order valence-corrected chi connectivity index (χ1v) is 7.92. The highest BCUT2D eigenvalue weighted by molar-refractivity contribution is 5.94. The van der Waals surface area contributed by atoms with Gasteiger partial charge in [0.1, 0.15) is 18.0 Å². The zero-order chi connectivity index (χ0) is 17.2. The van der Waals surface area contributed by atoms with Crippen molar-refractivity contribution >= 4 is 11.8 Å². The van der Waals surface area contributed by atoms with E-state index >= 15 is 0 Å². The minimum atomic E-state index is -0.673. The van der Waals surface area contributed by atoms with Crippen LogP contribution in [0.1, 0.15) is 10.4 Å². The molecule has 0 radical (unpaired) electrons. The van der Waals surface area contributed by atoms with Gasteiger partial charge < -0.3 is 24.0 Å². The van der Waals surface area contributed by atoms with Crippen molar-refractivity contribution in [2.24, 2.45) is 0 Å². The Labute approximate surface area is 141 Å². The maximum absolute atomic E-state index is 12.8. The number of hydrogen-bond donors (Lipinski definition) is 0. The third-order valence-corrected chi connectivity index (χ3v) is 4.39. The largest absolute Gasteiger partial charge is 0.497 e. The van der Waals surface area contributed by atoms with Crippen molar-refractivity contribution in [3.05, 3.63) is 29.8 Å². The normalized spacial score (nSPS) is 24.8. The molecule has 7 nitrogen and oxygen atoms in total. The fourth-order valence-corrected chi connectivity index (χ4v) is 3.14. The molecule has 0 aromatic heterocycles. The minimum absolute atomic E-state index is 0.0471. The van der Waals surface area contributed by atoms with E-state index in [0.717, 1.165) is 0 Å². The molecule has 2 fully saturated rings. The molecular weight excluding hydrogens is 312 g/mol. The summed E-state index contributed by atoms with van der Waals surface area (Å²) in [5.74, 6) is 0.494. The van der Waals surface area contributed by atoms with E-state index < -0.39 is 5.60 Å². The number of benzene rings is 1. The monoisotopic (exact) mass is 334 g/mol. The van der Waals surface area contributed by atoms with Gasteiger partial charge in [0.25, 0.3) is 5.91 Å². The number of ether oxygens (including phenoxy) is 3. The molecule has 1 aromatic rings. The summed E-state index contributed by atoms with van der Waals surface area (Å²) in [4.78, 5) is 28.0. The molecule has 0 N–H and O–H groups in total. The molecule has 2 heterocycles. The Morgan fingerprint density at radius 2 is 2.17 bits per heavy atom. The molecule has 0 bridgehead atoms. The van der Waals surface area contributed by atoms with Gasteiger partial charge in [-0.25, -0.2) is 0 Å². The molecule has 3 rings (SSSR count). The van der Waals surface area contributed by atoms with E-state index in [1.165, 1.54) is 0 Å². The summed E-state index contributed by atoms with van der Waals surface area (Å²) in [7, 11) is 3.30. The van der Waals surface area contributed by atoms with Crippen LogP contribution in [0.4, 0.5) is 0 Å². The first-order valence-electron chi connectivity index (χ1n) is 7.92. The van der Waals surface area contributed by atoms with Crippen LogP contribution in [0.2, 0.25) is 0 Å². The average molecular weight is 334 g/mol. The van der Waals surface area contributed by atoms with Gasteiger partial charge in [-0.05, 0) is 18.2 Å². The maximum atomic E-state index is 12.8. The van der Waals surface area contributed by atoms with Crippen molar-refractivity contribution in [3.63, 3.8) is 0 Å². The van der Waals surface area contributed by atoms with Crippen molar-refractivity contribution in [2.75, 3.05) is 53.6 Å². The molecule has 130 valence electrons. The van der Waals surface area contributed by atoms with Crippen LogP contribution in [-0.4, -0.2) is 80.8 Å². The van der Waals surface area contributed by atoms with Crippen LogP contribution in [-0.2, 0) is 14.3 Å². The zero-order valence-corrected chi connectivity index (χ0v) is 14.0. The van der Waals surface area contributed by atoms with E-state index in [0.29, 0.717) is 44.2 Å². The Morgan fingerprint density at radius 3 is 2.96 bits per heavy atom. The SMILES string of the molecule is COc1cccc(C(=O)N2CCOC3(COCC(=O)N(C)C3)C2)c1. The van der Waals surface area contributed by atoms with Crippen molar-refractivity contribution in [1.29, 1.82) is 0 Å². The van der Waals surface area contributed by atoms with Crippen molar-refractivity contribution < 1.29 is 23.8 Å². The highest BCUT2D eigenvalue weighted by atomic mass is 16.5. The minimum Gasteiger partial charge on any atom is -0.497 e. The molecule has 1 aromatic carbocycles. The zero-order valence-electron chi connectivity index (χ0n) is 14.0. The van der Waals surface area contributed by atoms with E-state index in [2.05, 4.69) is 0 Å². The first kappa shape index (κ1) is 16.7. The summed E-state index contributed by atoms with van der Waals surface area (Å²) in [6.07, 6.45) is 0. The summed E-state index contributed by atoms with van der Waals surface area (Å²) < 4.78 is 16.6. The van der Waals surface area contributed by atoms with Gasteiger partial charge in [0, 0.05) is 19.2 Å². The van der Waals surface area contributed by atoms with Crippen LogP contribution in [0.5, 0.6) is 5.75 Å². The van der Waals surface area contributed by atoms with Gasteiger partial charge in [-0.3, -0.25) is 9.59 Å². The Hall–Kier alpha value is -2.12. The molecular formula is C17H22N2O5. The third kappa shape index (κ3) is 3.37. The lowest BCUT2D eigenvalue weighted by Gasteiger charge is -2.42. The van der Waals surface area contributed by atoms with Gasteiger partial charge in [0.05, 0.1) is 33.4 Å². The predicted octanol–water partition coefficient (Wildman–Crippen LogP) is 0.395. The molecule has 0 aliphatic carbocycles. The lowest BCUT2D eigenvalue weighted by atomic mass is 10.0. The second-order valence-electron chi connectivity index (χ2n) is 6.23. The molecule has 2 saturated heterocycles. The van der Waals surface area contributed by atoms with Crippen LogP contribution < -0.4 is 4.74 Å². The Balaban J connectivity index is 1.77. The summed E-state index contributed by atoms with van der Waals surface area (Å²) in [5.41, 5.74) is -0.0985. The molecule has 7 heteroatoms. The second-order valence-corrected chi connectivity index (χ2v) is 6.23.